The normalized spacial score (nSPS) is 11.5. The minimum atomic E-state index is -4.71. The Hall–Kier alpha value is -2.09. The van der Waals surface area contributed by atoms with Crippen molar-refractivity contribution < 1.29 is 18.0 Å². The number of para-hydroxylation sites is 1. The van der Waals surface area contributed by atoms with E-state index in [1.54, 1.807) is 42.5 Å². The Bertz CT molecular complexity index is 998. The molecule has 0 aliphatic heterocycles. The van der Waals surface area contributed by atoms with Gasteiger partial charge in [0.1, 0.15) is 4.88 Å². The van der Waals surface area contributed by atoms with Crippen LogP contribution >= 0.6 is 34.5 Å². The number of nitrogens with zero attached hydrogens (tertiary/aromatic N) is 1. The highest BCUT2D eigenvalue weighted by Gasteiger charge is 2.39. The molecule has 140 valence electrons. The summed E-state index contributed by atoms with van der Waals surface area (Å²) in [5.74, 6) is -0.881. The summed E-state index contributed by atoms with van der Waals surface area (Å²) in [5.41, 5.74) is 0.343. The number of amides is 1. The van der Waals surface area contributed by atoms with Crippen molar-refractivity contribution >= 4 is 46.1 Å². The quantitative estimate of drug-likeness (QED) is 0.502. The fraction of sp³-hybridized carbons (Fsp3) is 0.111. The maximum Gasteiger partial charge on any atom is 0.435 e. The molecule has 3 aromatic rings. The molecule has 0 saturated heterocycles. The number of halogens is 5. The second kappa shape index (κ2) is 7.50. The van der Waals surface area contributed by atoms with Crippen molar-refractivity contribution in [3.8, 4) is 11.1 Å². The van der Waals surface area contributed by atoms with Gasteiger partial charge in [-0.2, -0.15) is 13.2 Å². The fourth-order valence-electron chi connectivity index (χ4n) is 2.51. The van der Waals surface area contributed by atoms with Crippen molar-refractivity contribution in [1.82, 2.24) is 4.98 Å². The number of carbonyl (C=O) groups is 1. The first-order valence-electron chi connectivity index (χ1n) is 7.56. The number of benzene rings is 2. The van der Waals surface area contributed by atoms with Crippen molar-refractivity contribution in [1.29, 1.82) is 0 Å². The van der Waals surface area contributed by atoms with Crippen LogP contribution < -0.4 is 5.32 Å². The summed E-state index contributed by atoms with van der Waals surface area (Å²) in [6, 6.07) is 11.5. The molecule has 0 radical (unpaired) electrons. The van der Waals surface area contributed by atoms with Crippen LogP contribution in [0.2, 0.25) is 10.0 Å². The first-order chi connectivity index (χ1) is 12.6. The molecule has 1 aromatic heterocycles. The van der Waals surface area contributed by atoms with Gasteiger partial charge in [0.05, 0.1) is 5.01 Å². The van der Waals surface area contributed by atoms with Crippen LogP contribution in [-0.2, 0) is 6.18 Å². The van der Waals surface area contributed by atoms with Crippen molar-refractivity contribution in [2.75, 3.05) is 5.32 Å². The Morgan fingerprint density at radius 1 is 1.11 bits per heavy atom. The third-order valence-electron chi connectivity index (χ3n) is 3.56. The van der Waals surface area contributed by atoms with E-state index >= 15 is 0 Å². The minimum absolute atomic E-state index is 0.155. The third kappa shape index (κ3) is 4.43. The second-order valence-corrected chi connectivity index (χ2v) is 7.64. The lowest BCUT2D eigenvalue weighted by Gasteiger charge is -2.12. The predicted molar refractivity (Wildman–Crippen MR) is 102 cm³/mol. The van der Waals surface area contributed by atoms with E-state index in [4.69, 9.17) is 23.2 Å². The summed E-state index contributed by atoms with van der Waals surface area (Å²) in [6.07, 6.45) is -4.71. The van der Waals surface area contributed by atoms with E-state index in [1.807, 2.05) is 0 Å². The number of aryl methyl sites for hydroxylation is 1. The van der Waals surface area contributed by atoms with Gasteiger partial charge in [0.2, 0.25) is 0 Å². The summed E-state index contributed by atoms with van der Waals surface area (Å²) >= 11 is 12.7. The predicted octanol–water partition coefficient (Wildman–Crippen LogP) is 6.70. The number of aromatic nitrogens is 1. The van der Waals surface area contributed by atoms with E-state index in [9.17, 15) is 18.0 Å². The molecule has 0 unspecified atom stereocenters. The minimum Gasteiger partial charge on any atom is -0.321 e. The molecule has 0 aliphatic carbocycles. The summed E-state index contributed by atoms with van der Waals surface area (Å²) in [4.78, 5) is 15.5. The van der Waals surface area contributed by atoms with E-state index in [1.165, 1.54) is 6.92 Å². The average Bonchev–Trinajstić information content (AvgIpc) is 2.97. The van der Waals surface area contributed by atoms with Gasteiger partial charge in [-0.05, 0) is 36.8 Å². The SMILES string of the molecule is Cc1nc(C(F)(F)F)c(C(=O)Nc2ccccc2-c2cc(Cl)cc(Cl)c2)s1. The van der Waals surface area contributed by atoms with Gasteiger partial charge in [0.15, 0.2) is 5.69 Å². The Labute approximate surface area is 166 Å². The molecule has 2 aromatic carbocycles. The van der Waals surface area contributed by atoms with Crippen LogP contribution in [0, 0.1) is 6.92 Å². The zero-order chi connectivity index (χ0) is 19.8. The van der Waals surface area contributed by atoms with Gasteiger partial charge >= 0.3 is 6.18 Å². The summed E-state index contributed by atoms with van der Waals surface area (Å²) in [5, 5.41) is 3.49. The van der Waals surface area contributed by atoms with Gasteiger partial charge < -0.3 is 5.32 Å². The number of anilines is 1. The van der Waals surface area contributed by atoms with E-state index in [0.717, 1.165) is 0 Å². The zero-order valence-electron chi connectivity index (χ0n) is 13.7. The number of rotatable bonds is 3. The Morgan fingerprint density at radius 2 is 1.74 bits per heavy atom. The summed E-state index contributed by atoms with van der Waals surface area (Å²) in [7, 11) is 0. The number of hydrogen-bond donors (Lipinski definition) is 1. The highest BCUT2D eigenvalue weighted by Crippen LogP contribution is 2.36. The summed E-state index contributed by atoms with van der Waals surface area (Å²) < 4.78 is 39.4. The Morgan fingerprint density at radius 3 is 2.37 bits per heavy atom. The molecule has 3 nitrogen and oxygen atoms in total. The van der Waals surface area contributed by atoms with E-state index < -0.39 is 22.7 Å². The maximum absolute atomic E-state index is 13.1. The molecule has 0 aliphatic rings. The molecule has 1 N–H and O–H groups in total. The standard InChI is InChI=1S/C18H11Cl2F3N2OS/c1-9-24-16(18(21,22)23)15(27-9)17(26)25-14-5-3-2-4-13(14)10-6-11(19)8-12(20)7-10/h2-8H,1H3,(H,25,26). The summed E-state index contributed by atoms with van der Waals surface area (Å²) in [6.45, 7) is 1.42. The van der Waals surface area contributed by atoms with Crippen LogP contribution in [-0.4, -0.2) is 10.9 Å². The van der Waals surface area contributed by atoms with Crippen molar-refractivity contribution in [2.45, 2.75) is 13.1 Å². The number of hydrogen-bond acceptors (Lipinski definition) is 3. The smallest absolute Gasteiger partial charge is 0.321 e. The number of alkyl halides is 3. The lowest BCUT2D eigenvalue weighted by atomic mass is 10.0. The first kappa shape index (κ1) is 19.7. The highest BCUT2D eigenvalue weighted by molar-refractivity contribution is 7.13. The molecule has 9 heteroatoms. The van der Waals surface area contributed by atoms with Gasteiger partial charge in [-0.1, -0.05) is 41.4 Å². The second-order valence-electron chi connectivity index (χ2n) is 5.57. The number of thiazole rings is 1. The zero-order valence-corrected chi connectivity index (χ0v) is 16.0. The van der Waals surface area contributed by atoms with Crippen LogP contribution in [0.5, 0.6) is 0 Å². The van der Waals surface area contributed by atoms with E-state index in [2.05, 4.69) is 10.3 Å². The largest absolute Gasteiger partial charge is 0.435 e. The molecule has 0 spiro atoms. The Balaban J connectivity index is 1.99. The van der Waals surface area contributed by atoms with Crippen molar-refractivity contribution in [2.24, 2.45) is 0 Å². The van der Waals surface area contributed by atoms with Crippen LogP contribution in [0.15, 0.2) is 42.5 Å². The monoisotopic (exact) mass is 430 g/mol. The molecular weight excluding hydrogens is 420 g/mol. The van der Waals surface area contributed by atoms with Gasteiger partial charge in [-0.25, -0.2) is 4.98 Å². The Kier molecular flexibility index (Phi) is 5.46. The maximum atomic E-state index is 13.1. The first-order valence-corrected chi connectivity index (χ1v) is 9.14. The van der Waals surface area contributed by atoms with Crippen molar-refractivity contribution in [3.05, 3.63) is 68.1 Å². The lowest BCUT2D eigenvalue weighted by Crippen LogP contribution is -2.17. The molecule has 1 amide bonds. The van der Waals surface area contributed by atoms with E-state index in [-0.39, 0.29) is 5.01 Å². The molecule has 0 saturated carbocycles. The molecule has 0 bridgehead atoms. The average molecular weight is 431 g/mol. The van der Waals surface area contributed by atoms with Gasteiger partial charge in [-0.3, -0.25) is 4.79 Å². The third-order valence-corrected chi connectivity index (χ3v) is 4.96. The number of nitrogens with one attached hydrogen (secondary N) is 1. The fourth-order valence-corrected chi connectivity index (χ4v) is 3.87. The molecule has 0 atom stereocenters. The highest BCUT2D eigenvalue weighted by atomic mass is 35.5. The topological polar surface area (TPSA) is 42.0 Å². The lowest BCUT2D eigenvalue weighted by molar-refractivity contribution is -0.141. The molecule has 1 heterocycles. The molecule has 0 fully saturated rings. The van der Waals surface area contributed by atoms with Gasteiger partial charge in [0, 0.05) is 21.3 Å². The van der Waals surface area contributed by atoms with Crippen LogP contribution in [0.3, 0.4) is 0 Å². The van der Waals surface area contributed by atoms with Gasteiger partial charge in [0.25, 0.3) is 5.91 Å². The van der Waals surface area contributed by atoms with Gasteiger partial charge in [-0.15, -0.1) is 11.3 Å². The van der Waals surface area contributed by atoms with Crippen LogP contribution in [0.4, 0.5) is 18.9 Å². The van der Waals surface area contributed by atoms with Crippen molar-refractivity contribution in [3.63, 3.8) is 0 Å². The van der Waals surface area contributed by atoms with E-state index in [0.29, 0.717) is 38.2 Å². The number of carbonyl (C=O) groups excluding carboxylic acids is 1. The van der Waals surface area contributed by atoms with Crippen LogP contribution in [0.25, 0.3) is 11.1 Å². The molecular formula is C18H11Cl2F3N2OS. The molecule has 27 heavy (non-hydrogen) atoms. The molecule has 3 rings (SSSR count). The van der Waals surface area contributed by atoms with Crippen LogP contribution in [0.1, 0.15) is 20.4 Å².